The predicted octanol–water partition coefficient (Wildman–Crippen LogP) is 2.17. The maximum absolute atomic E-state index is 12.2. The van der Waals surface area contributed by atoms with E-state index in [0.29, 0.717) is 18.0 Å². The Balaban J connectivity index is 1.82. The number of Topliss-reactive ketones (excluding diaryl/α,β-unsaturated/α-hetero) is 1. The first-order chi connectivity index (χ1) is 10.1. The fraction of sp³-hybridized carbons (Fsp3) is 0.529. The second-order valence-electron chi connectivity index (χ2n) is 5.78. The lowest BCUT2D eigenvalue weighted by atomic mass is 10.0. The van der Waals surface area contributed by atoms with Crippen molar-refractivity contribution >= 4 is 11.7 Å². The van der Waals surface area contributed by atoms with E-state index in [9.17, 15) is 9.59 Å². The van der Waals surface area contributed by atoms with Crippen LogP contribution in [0.4, 0.5) is 0 Å². The molecule has 0 bridgehead atoms. The summed E-state index contributed by atoms with van der Waals surface area (Å²) in [6, 6.07) is 7.83. The van der Waals surface area contributed by atoms with Gasteiger partial charge in [-0.2, -0.15) is 0 Å². The van der Waals surface area contributed by atoms with Crippen molar-refractivity contribution in [3.05, 3.63) is 35.4 Å². The lowest BCUT2D eigenvalue weighted by Crippen LogP contribution is -2.44. The quantitative estimate of drug-likeness (QED) is 0.845. The Kier molecular flexibility index (Phi) is 5.51. The van der Waals surface area contributed by atoms with E-state index >= 15 is 0 Å². The van der Waals surface area contributed by atoms with Crippen LogP contribution >= 0.6 is 0 Å². The second-order valence-corrected chi connectivity index (χ2v) is 5.78. The molecule has 1 aromatic carbocycles. The van der Waals surface area contributed by atoms with E-state index in [-0.39, 0.29) is 18.1 Å². The van der Waals surface area contributed by atoms with Crippen molar-refractivity contribution < 1.29 is 9.59 Å². The average Bonchev–Trinajstić information content (AvgIpc) is 2.53. The largest absolute Gasteiger partial charge is 0.343 e. The molecule has 0 spiro atoms. The van der Waals surface area contributed by atoms with Crippen LogP contribution in [-0.4, -0.2) is 42.8 Å². The lowest BCUT2D eigenvalue weighted by molar-refractivity contribution is -0.132. The maximum atomic E-state index is 12.2. The number of nitrogens with zero attached hydrogens (tertiary/aromatic N) is 1. The van der Waals surface area contributed by atoms with E-state index in [0.717, 1.165) is 31.5 Å². The standard InChI is InChI=1S/C17H24N2O2/c1-13-3-5-14(6-4-13)16(20)7-8-17(21)19(2)15-9-11-18-12-10-15/h3-6,15,18H,7-12H2,1-2H3. The van der Waals surface area contributed by atoms with E-state index in [4.69, 9.17) is 0 Å². The first-order valence-electron chi connectivity index (χ1n) is 7.64. The topological polar surface area (TPSA) is 49.4 Å². The highest BCUT2D eigenvalue weighted by Crippen LogP contribution is 2.13. The van der Waals surface area contributed by atoms with Crippen molar-refractivity contribution in [2.24, 2.45) is 0 Å². The van der Waals surface area contributed by atoms with E-state index < -0.39 is 0 Å². The molecule has 1 aromatic rings. The monoisotopic (exact) mass is 288 g/mol. The molecule has 2 rings (SSSR count). The zero-order valence-electron chi connectivity index (χ0n) is 12.9. The van der Waals surface area contributed by atoms with E-state index in [1.165, 1.54) is 0 Å². The van der Waals surface area contributed by atoms with Gasteiger partial charge in [0.05, 0.1) is 0 Å². The molecule has 1 aliphatic rings. The lowest BCUT2D eigenvalue weighted by Gasteiger charge is -2.31. The van der Waals surface area contributed by atoms with Crippen LogP contribution in [0.1, 0.15) is 41.6 Å². The summed E-state index contributed by atoms with van der Waals surface area (Å²) in [7, 11) is 1.86. The van der Waals surface area contributed by atoms with Gasteiger partial charge in [-0.25, -0.2) is 0 Å². The summed E-state index contributed by atoms with van der Waals surface area (Å²) in [5.41, 5.74) is 1.83. The van der Waals surface area contributed by atoms with Crippen molar-refractivity contribution in [3.63, 3.8) is 0 Å². The van der Waals surface area contributed by atoms with Crippen LogP contribution in [0.5, 0.6) is 0 Å². The third kappa shape index (κ3) is 4.39. The Morgan fingerprint density at radius 3 is 2.38 bits per heavy atom. The third-order valence-corrected chi connectivity index (χ3v) is 4.19. The van der Waals surface area contributed by atoms with Crippen LogP contribution in [0, 0.1) is 6.92 Å². The molecule has 1 N–H and O–H groups in total. The fourth-order valence-electron chi connectivity index (χ4n) is 2.68. The fourth-order valence-corrected chi connectivity index (χ4v) is 2.68. The number of ketones is 1. The molecule has 4 nitrogen and oxygen atoms in total. The van der Waals surface area contributed by atoms with Gasteiger partial charge < -0.3 is 10.2 Å². The summed E-state index contributed by atoms with van der Waals surface area (Å²) in [5, 5.41) is 3.29. The minimum absolute atomic E-state index is 0.0436. The van der Waals surface area contributed by atoms with Gasteiger partial charge in [-0.3, -0.25) is 9.59 Å². The Bertz CT molecular complexity index is 490. The Labute approximate surface area is 126 Å². The van der Waals surface area contributed by atoms with Crippen molar-refractivity contribution in [2.45, 2.75) is 38.6 Å². The summed E-state index contributed by atoms with van der Waals surface area (Å²) >= 11 is 0. The molecular formula is C17H24N2O2. The van der Waals surface area contributed by atoms with E-state index in [1.807, 2.05) is 43.1 Å². The molecule has 0 aliphatic carbocycles. The molecule has 0 unspecified atom stereocenters. The summed E-state index contributed by atoms with van der Waals surface area (Å²) in [5.74, 6) is 0.115. The zero-order chi connectivity index (χ0) is 15.2. The molecule has 1 saturated heterocycles. The third-order valence-electron chi connectivity index (χ3n) is 4.19. The zero-order valence-corrected chi connectivity index (χ0v) is 12.9. The summed E-state index contributed by atoms with van der Waals surface area (Å²) in [6.07, 6.45) is 2.58. The van der Waals surface area contributed by atoms with Crippen LogP contribution in [0.15, 0.2) is 24.3 Å². The number of carbonyl (C=O) groups is 2. The van der Waals surface area contributed by atoms with Crippen molar-refractivity contribution in [2.75, 3.05) is 20.1 Å². The number of amides is 1. The average molecular weight is 288 g/mol. The molecule has 0 radical (unpaired) electrons. The Morgan fingerprint density at radius 2 is 1.76 bits per heavy atom. The predicted molar refractivity (Wildman–Crippen MR) is 83.4 cm³/mol. The SMILES string of the molecule is Cc1ccc(C(=O)CCC(=O)N(C)C2CCNCC2)cc1. The summed E-state index contributed by atoms with van der Waals surface area (Å²) in [6.45, 7) is 3.92. The van der Waals surface area contributed by atoms with Gasteiger partial charge in [0.25, 0.3) is 0 Å². The molecule has 1 aliphatic heterocycles. The smallest absolute Gasteiger partial charge is 0.223 e. The molecule has 21 heavy (non-hydrogen) atoms. The van der Waals surface area contributed by atoms with Crippen LogP contribution in [-0.2, 0) is 4.79 Å². The summed E-state index contributed by atoms with van der Waals surface area (Å²) in [4.78, 5) is 26.1. The minimum atomic E-state index is 0.0436. The van der Waals surface area contributed by atoms with Gasteiger partial charge in [-0.15, -0.1) is 0 Å². The number of hydrogen-bond acceptors (Lipinski definition) is 3. The number of benzene rings is 1. The Morgan fingerprint density at radius 1 is 1.14 bits per heavy atom. The second kappa shape index (κ2) is 7.36. The molecule has 0 atom stereocenters. The summed E-state index contributed by atoms with van der Waals surface area (Å²) < 4.78 is 0. The molecular weight excluding hydrogens is 264 g/mol. The van der Waals surface area contributed by atoms with Crippen LogP contribution < -0.4 is 5.32 Å². The number of piperidine rings is 1. The van der Waals surface area contributed by atoms with Crippen LogP contribution in [0.25, 0.3) is 0 Å². The highest BCUT2D eigenvalue weighted by atomic mass is 16.2. The van der Waals surface area contributed by atoms with Crippen LogP contribution in [0.3, 0.4) is 0 Å². The number of nitrogens with one attached hydrogen (secondary N) is 1. The number of aryl methyl sites for hydroxylation is 1. The van der Waals surface area contributed by atoms with Gasteiger partial charge in [0.2, 0.25) is 5.91 Å². The molecule has 114 valence electrons. The van der Waals surface area contributed by atoms with E-state index in [1.54, 1.807) is 0 Å². The highest BCUT2D eigenvalue weighted by Gasteiger charge is 2.22. The number of rotatable bonds is 5. The number of hydrogen-bond donors (Lipinski definition) is 1. The van der Waals surface area contributed by atoms with Gasteiger partial charge >= 0.3 is 0 Å². The van der Waals surface area contributed by atoms with Gasteiger partial charge in [-0.05, 0) is 32.9 Å². The molecule has 1 amide bonds. The van der Waals surface area contributed by atoms with Crippen LogP contribution in [0.2, 0.25) is 0 Å². The minimum Gasteiger partial charge on any atom is -0.343 e. The molecule has 4 heteroatoms. The van der Waals surface area contributed by atoms with E-state index in [2.05, 4.69) is 5.32 Å². The maximum Gasteiger partial charge on any atom is 0.223 e. The van der Waals surface area contributed by atoms with Crippen molar-refractivity contribution in [3.8, 4) is 0 Å². The molecule has 1 fully saturated rings. The molecule has 1 heterocycles. The Hall–Kier alpha value is -1.68. The molecule has 0 aromatic heterocycles. The molecule has 0 saturated carbocycles. The van der Waals surface area contributed by atoms with Gasteiger partial charge in [-0.1, -0.05) is 29.8 Å². The van der Waals surface area contributed by atoms with Crippen molar-refractivity contribution in [1.82, 2.24) is 10.2 Å². The first kappa shape index (κ1) is 15.7. The van der Waals surface area contributed by atoms with Gasteiger partial charge in [0.15, 0.2) is 5.78 Å². The number of carbonyl (C=O) groups excluding carboxylic acids is 2. The normalized spacial score (nSPS) is 15.7. The van der Waals surface area contributed by atoms with Gasteiger partial charge in [0.1, 0.15) is 0 Å². The highest BCUT2D eigenvalue weighted by molar-refractivity contribution is 5.97. The first-order valence-corrected chi connectivity index (χ1v) is 7.64. The van der Waals surface area contributed by atoms with Crippen molar-refractivity contribution in [1.29, 1.82) is 0 Å². The van der Waals surface area contributed by atoms with Gasteiger partial charge in [0, 0.05) is 31.5 Å².